The molecule has 3 aliphatic rings. The molecule has 4 rings (SSSR count). The van der Waals surface area contributed by atoms with Gasteiger partial charge < -0.3 is 9.64 Å². The summed E-state index contributed by atoms with van der Waals surface area (Å²) in [5.74, 6) is -0.899. The van der Waals surface area contributed by atoms with E-state index in [-0.39, 0.29) is 48.3 Å². The van der Waals surface area contributed by atoms with Crippen LogP contribution in [0.5, 0.6) is 0 Å². The van der Waals surface area contributed by atoms with E-state index < -0.39 is 0 Å². The minimum Gasteiger partial charge on any atom is -0.367 e. The molecule has 0 radical (unpaired) electrons. The fourth-order valence-corrected chi connectivity index (χ4v) is 4.63. The summed E-state index contributed by atoms with van der Waals surface area (Å²) in [5.41, 5.74) is 1.03. The van der Waals surface area contributed by atoms with Gasteiger partial charge in [-0.3, -0.25) is 19.3 Å². The van der Waals surface area contributed by atoms with Crippen molar-refractivity contribution in [1.29, 1.82) is 0 Å². The number of carbonyl (C=O) groups is 3. The molecule has 2 heterocycles. The van der Waals surface area contributed by atoms with Gasteiger partial charge in [0.05, 0.1) is 24.5 Å². The molecule has 6 nitrogen and oxygen atoms in total. The van der Waals surface area contributed by atoms with Crippen LogP contribution in [0.4, 0.5) is 0 Å². The third-order valence-corrected chi connectivity index (χ3v) is 6.01. The van der Waals surface area contributed by atoms with Crippen LogP contribution in [0, 0.1) is 11.8 Å². The van der Waals surface area contributed by atoms with Gasteiger partial charge in [-0.2, -0.15) is 0 Å². The molecule has 1 saturated carbocycles. The first-order valence-corrected chi connectivity index (χ1v) is 9.88. The first kappa shape index (κ1) is 18.2. The van der Waals surface area contributed by atoms with Gasteiger partial charge in [0.2, 0.25) is 17.7 Å². The van der Waals surface area contributed by atoms with E-state index in [9.17, 15) is 14.4 Å². The van der Waals surface area contributed by atoms with Crippen molar-refractivity contribution in [2.24, 2.45) is 11.8 Å². The molecule has 144 valence electrons. The fourth-order valence-electron chi connectivity index (χ4n) is 4.63. The molecule has 3 fully saturated rings. The first-order chi connectivity index (χ1) is 13.0. The molecule has 27 heavy (non-hydrogen) atoms. The highest BCUT2D eigenvalue weighted by Gasteiger charge is 2.49. The second-order valence-corrected chi connectivity index (χ2v) is 7.90. The molecule has 2 saturated heterocycles. The standard InChI is InChI=1S/C21H26N2O4/c1-14-11-22(12-18(27-14)15-7-3-2-4-8-15)19(24)13-23-20(25)16-9-5-6-10-17(16)21(23)26/h2-4,7-8,14,16-18H,5-6,9-13H2,1H3/t14-,16-,17-,18-/m1/s1. The maximum atomic E-state index is 12.9. The number of amides is 3. The molecular weight excluding hydrogens is 344 g/mol. The number of rotatable bonds is 3. The highest BCUT2D eigenvalue weighted by atomic mass is 16.5. The lowest BCUT2D eigenvalue weighted by molar-refractivity contribution is -0.152. The molecule has 0 bridgehead atoms. The van der Waals surface area contributed by atoms with Crippen LogP contribution in [0.25, 0.3) is 0 Å². The van der Waals surface area contributed by atoms with Gasteiger partial charge in [0.1, 0.15) is 12.6 Å². The van der Waals surface area contributed by atoms with Crippen LogP contribution in [-0.4, -0.2) is 53.3 Å². The average molecular weight is 370 g/mol. The molecule has 4 atom stereocenters. The fraction of sp³-hybridized carbons (Fsp3) is 0.571. The van der Waals surface area contributed by atoms with Crippen LogP contribution in [-0.2, 0) is 19.1 Å². The lowest BCUT2D eigenvalue weighted by atomic mass is 9.81. The minimum absolute atomic E-state index is 0.0968. The number of benzene rings is 1. The molecule has 2 aliphatic heterocycles. The first-order valence-electron chi connectivity index (χ1n) is 9.88. The van der Waals surface area contributed by atoms with Gasteiger partial charge in [0.15, 0.2) is 0 Å². The number of fused-ring (bicyclic) bond motifs is 1. The zero-order chi connectivity index (χ0) is 19.0. The van der Waals surface area contributed by atoms with Gasteiger partial charge in [0, 0.05) is 6.54 Å². The predicted octanol–water partition coefficient (Wildman–Crippen LogP) is 2.15. The SMILES string of the molecule is C[C@@H]1CN(C(=O)CN2C(=O)[C@@H]3CCCC[C@H]3C2=O)C[C@H](c2ccccc2)O1. The van der Waals surface area contributed by atoms with E-state index in [1.807, 2.05) is 37.3 Å². The van der Waals surface area contributed by atoms with Crippen molar-refractivity contribution in [1.82, 2.24) is 9.80 Å². The molecule has 1 aromatic carbocycles. The smallest absolute Gasteiger partial charge is 0.242 e. The molecular formula is C21H26N2O4. The van der Waals surface area contributed by atoms with Gasteiger partial charge in [-0.1, -0.05) is 43.2 Å². The summed E-state index contributed by atoms with van der Waals surface area (Å²) in [7, 11) is 0. The van der Waals surface area contributed by atoms with Crippen LogP contribution in [0.1, 0.15) is 44.3 Å². The van der Waals surface area contributed by atoms with E-state index >= 15 is 0 Å². The van der Waals surface area contributed by atoms with E-state index in [1.165, 1.54) is 4.90 Å². The highest BCUT2D eigenvalue weighted by molar-refractivity contribution is 6.07. The van der Waals surface area contributed by atoms with Crippen molar-refractivity contribution in [3.8, 4) is 0 Å². The Balaban J connectivity index is 1.44. The maximum absolute atomic E-state index is 12.9. The van der Waals surface area contributed by atoms with Crippen LogP contribution in [0.3, 0.4) is 0 Å². The third kappa shape index (κ3) is 3.50. The number of hydrogen-bond donors (Lipinski definition) is 0. The quantitative estimate of drug-likeness (QED) is 0.765. The monoisotopic (exact) mass is 370 g/mol. The molecule has 0 aromatic heterocycles. The van der Waals surface area contributed by atoms with Crippen molar-refractivity contribution >= 4 is 17.7 Å². The predicted molar refractivity (Wildman–Crippen MR) is 98.5 cm³/mol. The Labute approximate surface area is 159 Å². The van der Waals surface area contributed by atoms with Gasteiger partial charge >= 0.3 is 0 Å². The third-order valence-electron chi connectivity index (χ3n) is 6.01. The highest BCUT2D eigenvalue weighted by Crippen LogP contribution is 2.38. The van der Waals surface area contributed by atoms with Crippen molar-refractivity contribution in [3.05, 3.63) is 35.9 Å². The Morgan fingerprint density at radius 2 is 1.67 bits per heavy atom. The van der Waals surface area contributed by atoms with E-state index in [0.29, 0.717) is 13.1 Å². The van der Waals surface area contributed by atoms with Crippen molar-refractivity contribution in [3.63, 3.8) is 0 Å². The minimum atomic E-state index is -0.209. The van der Waals surface area contributed by atoms with Crippen molar-refractivity contribution < 1.29 is 19.1 Å². The molecule has 1 aliphatic carbocycles. The zero-order valence-corrected chi connectivity index (χ0v) is 15.7. The Bertz CT molecular complexity index is 711. The van der Waals surface area contributed by atoms with Gasteiger partial charge in [-0.25, -0.2) is 0 Å². The van der Waals surface area contributed by atoms with E-state index in [1.54, 1.807) is 4.90 Å². The van der Waals surface area contributed by atoms with E-state index in [4.69, 9.17) is 4.74 Å². The molecule has 6 heteroatoms. The molecule has 0 unspecified atom stereocenters. The molecule has 0 spiro atoms. The van der Waals surface area contributed by atoms with Crippen LogP contribution >= 0.6 is 0 Å². The number of imide groups is 1. The Morgan fingerprint density at radius 3 is 2.30 bits per heavy atom. The normalized spacial score (nSPS) is 31.1. The van der Waals surface area contributed by atoms with Crippen LogP contribution in [0.2, 0.25) is 0 Å². The summed E-state index contributed by atoms with van der Waals surface area (Å²) in [4.78, 5) is 41.1. The van der Waals surface area contributed by atoms with Gasteiger partial charge in [0.25, 0.3) is 0 Å². The van der Waals surface area contributed by atoms with Gasteiger partial charge in [-0.05, 0) is 25.3 Å². The number of ether oxygens (including phenoxy) is 1. The summed E-state index contributed by atoms with van der Waals surface area (Å²) in [5, 5.41) is 0. The average Bonchev–Trinajstić information content (AvgIpc) is 2.93. The summed E-state index contributed by atoms with van der Waals surface area (Å²) < 4.78 is 6.00. The largest absolute Gasteiger partial charge is 0.367 e. The number of carbonyl (C=O) groups excluding carboxylic acids is 3. The molecule has 3 amide bonds. The Kier molecular flexibility index (Phi) is 5.00. The second kappa shape index (κ2) is 7.43. The topological polar surface area (TPSA) is 66.9 Å². The van der Waals surface area contributed by atoms with Crippen molar-refractivity contribution in [2.45, 2.75) is 44.8 Å². The number of hydrogen-bond acceptors (Lipinski definition) is 4. The summed E-state index contributed by atoms with van der Waals surface area (Å²) >= 11 is 0. The summed E-state index contributed by atoms with van der Waals surface area (Å²) in [6.07, 6.45) is 3.23. The number of morpholine rings is 1. The van der Waals surface area contributed by atoms with Crippen molar-refractivity contribution in [2.75, 3.05) is 19.6 Å². The van der Waals surface area contributed by atoms with E-state index in [0.717, 1.165) is 31.2 Å². The van der Waals surface area contributed by atoms with Gasteiger partial charge in [-0.15, -0.1) is 0 Å². The Hall–Kier alpha value is -2.21. The summed E-state index contributed by atoms with van der Waals surface area (Å²) in [6, 6.07) is 9.83. The number of nitrogens with zero attached hydrogens (tertiary/aromatic N) is 2. The van der Waals surface area contributed by atoms with Crippen LogP contribution < -0.4 is 0 Å². The summed E-state index contributed by atoms with van der Waals surface area (Å²) in [6.45, 7) is 2.72. The Morgan fingerprint density at radius 1 is 1.04 bits per heavy atom. The van der Waals surface area contributed by atoms with Crippen LogP contribution in [0.15, 0.2) is 30.3 Å². The lowest BCUT2D eigenvalue weighted by Crippen LogP contribution is -2.50. The number of likely N-dealkylation sites (tertiary alicyclic amines) is 1. The molecule has 0 N–H and O–H groups in total. The maximum Gasteiger partial charge on any atom is 0.242 e. The lowest BCUT2D eigenvalue weighted by Gasteiger charge is -2.37. The molecule has 1 aromatic rings. The zero-order valence-electron chi connectivity index (χ0n) is 15.7. The second-order valence-electron chi connectivity index (χ2n) is 7.90. The van der Waals surface area contributed by atoms with E-state index in [2.05, 4.69) is 0 Å².